The molecule has 0 aliphatic rings. The maximum absolute atomic E-state index is 10.5. The van der Waals surface area contributed by atoms with Crippen LogP contribution in [0, 0.1) is 0 Å². The number of carbonyl (C=O) groups is 2. The molecule has 0 fully saturated rings. The van der Waals surface area contributed by atoms with E-state index >= 15 is 0 Å². The van der Waals surface area contributed by atoms with Crippen LogP contribution in [0.4, 0.5) is 0 Å². The van der Waals surface area contributed by atoms with Gasteiger partial charge in [-0.25, -0.2) is 9.59 Å². The van der Waals surface area contributed by atoms with Gasteiger partial charge in [-0.15, -0.1) is 0 Å². The molecule has 5 nitrogen and oxygen atoms in total. The quantitative estimate of drug-likeness (QED) is 0.179. The molecule has 0 heterocycles. The third-order valence-corrected chi connectivity index (χ3v) is 5.06. The predicted octanol–water partition coefficient (Wildman–Crippen LogP) is 7.10. The van der Waals surface area contributed by atoms with Gasteiger partial charge in [-0.3, -0.25) is 0 Å². The topological polar surface area (TPSA) is 94.8 Å². The molecular formula is C26H42O5. The van der Waals surface area contributed by atoms with Crippen LogP contribution >= 0.6 is 0 Å². The van der Waals surface area contributed by atoms with E-state index in [9.17, 15) is 9.59 Å². The third kappa shape index (κ3) is 17.3. The van der Waals surface area contributed by atoms with Crippen LogP contribution in [0.15, 0.2) is 36.4 Å². The second kappa shape index (κ2) is 21.1. The molecule has 1 aromatic carbocycles. The Hall–Kier alpha value is -2.14. The number of carboxylic acids is 2. The Morgan fingerprint density at radius 3 is 1.45 bits per heavy atom. The van der Waals surface area contributed by atoms with Crippen molar-refractivity contribution >= 4 is 11.9 Å². The first-order valence-electron chi connectivity index (χ1n) is 11.9. The van der Waals surface area contributed by atoms with Gasteiger partial charge in [-0.05, 0) is 44.2 Å². The molecule has 0 bridgehead atoms. The minimum Gasteiger partial charge on any atom is -0.478 e. The Bertz CT molecular complexity index is 577. The standard InChI is InChI=1S/C18H36O.C8H6O4/c1-2-3-4-5-6-7-8-9-10-11-12-13-14-15-16-17-18-19;9-7(10)5-3-1-2-4-6(5)8(11)12/h9-10,19H,2-8,11-18H2,1H3;1-4H,(H,9,10)(H,11,12)/b10-9-;. The highest BCUT2D eigenvalue weighted by Crippen LogP contribution is 2.10. The second-order valence-corrected chi connectivity index (χ2v) is 7.82. The second-order valence-electron chi connectivity index (χ2n) is 7.82. The Balaban J connectivity index is 0.000000639. The molecule has 1 aromatic rings. The van der Waals surface area contributed by atoms with E-state index in [2.05, 4.69) is 19.1 Å². The summed E-state index contributed by atoms with van der Waals surface area (Å²) in [6.07, 6.45) is 23.2. The largest absolute Gasteiger partial charge is 0.478 e. The maximum Gasteiger partial charge on any atom is 0.336 e. The van der Waals surface area contributed by atoms with Gasteiger partial charge in [-0.2, -0.15) is 0 Å². The summed E-state index contributed by atoms with van der Waals surface area (Å²) < 4.78 is 0. The van der Waals surface area contributed by atoms with E-state index in [4.69, 9.17) is 15.3 Å². The molecule has 0 saturated carbocycles. The fourth-order valence-corrected chi connectivity index (χ4v) is 3.22. The summed E-state index contributed by atoms with van der Waals surface area (Å²) in [5, 5.41) is 25.8. The Morgan fingerprint density at radius 2 is 1.06 bits per heavy atom. The maximum atomic E-state index is 10.5. The van der Waals surface area contributed by atoms with Crippen molar-refractivity contribution in [3.63, 3.8) is 0 Å². The van der Waals surface area contributed by atoms with Gasteiger partial charge in [0.15, 0.2) is 0 Å². The van der Waals surface area contributed by atoms with Gasteiger partial charge in [0.05, 0.1) is 11.1 Å². The molecule has 0 aliphatic carbocycles. The lowest BCUT2D eigenvalue weighted by molar-refractivity contribution is 0.0651. The van der Waals surface area contributed by atoms with Gasteiger partial charge in [0, 0.05) is 6.61 Å². The first-order valence-corrected chi connectivity index (χ1v) is 11.9. The van der Waals surface area contributed by atoms with E-state index in [1.54, 1.807) is 0 Å². The van der Waals surface area contributed by atoms with Crippen LogP contribution in [0.25, 0.3) is 0 Å². The van der Waals surface area contributed by atoms with Crippen molar-refractivity contribution in [3.8, 4) is 0 Å². The van der Waals surface area contributed by atoms with Crippen molar-refractivity contribution in [2.75, 3.05) is 6.61 Å². The number of hydrogen-bond acceptors (Lipinski definition) is 3. The molecule has 0 amide bonds. The van der Waals surface area contributed by atoms with Crippen molar-refractivity contribution in [3.05, 3.63) is 47.5 Å². The van der Waals surface area contributed by atoms with Crippen LogP contribution in [0.5, 0.6) is 0 Å². The summed E-state index contributed by atoms with van der Waals surface area (Å²) in [4.78, 5) is 20.9. The number of aromatic carboxylic acids is 2. The number of aliphatic hydroxyl groups excluding tert-OH is 1. The molecule has 0 radical (unpaired) electrons. The van der Waals surface area contributed by atoms with E-state index in [0.29, 0.717) is 6.61 Å². The average Bonchev–Trinajstić information content (AvgIpc) is 2.77. The number of carboxylic acid groups (broad SMARTS) is 2. The van der Waals surface area contributed by atoms with Gasteiger partial charge in [0.25, 0.3) is 0 Å². The van der Waals surface area contributed by atoms with Crippen LogP contribution in [-0.4, -0.2) is 33.9 Å². The molecule has 31 heavy (non-hydrogen) atoms. The fraction of sp³-hybridized carbons (Fsp3) is 0.615. The zero-order chi connectivity index (χ0) is 23.2. The van der Waals surface area contributed by atoms with E-state index in [1.807, 2.05) is 0 Å². The van der Waals surface area contributed by atoms with E-state index in [-0.39, 0.29) is 11.1 Å². The SMILES string of the molecule is CCCCCCCC/C=C\CCCCCCCCO.O=C(O)c1ccccc1C(=O)O. The molecule has 0 atom stereocenters. The van der Waals surface area contributed by atoms with Gasteiger partial charge >= 0.3 is 11.9 Å². The molecule has 0 unspecified atom stereocenters. The molecule has 3 N–H and O–H groups in total. The lowest BCUT2D eigenvalue weighted by atomic mass is 10.1. The van der Waals surface area contributed by atoms with Gasteiger partial charge in [0.1, 0.15) is 0 Å². The van der Waals surface area contributed by atoms with Gasteiger partial charge in [0.2, 0.25) is 0 Å². The van der Waals surface area contributed by atoms with Crippen LogP contribution in [0.2, 0.25) is 0 Å². The van der Waals surface area contributed by atoms with E-state index in [1.165, 1.54) is 108 Å². The summed E-state index contributed by atoms with van der Waals surface area (Å²) in [5.74, 6) is -2.46. The summed E-state index contributed by atoms with van der Waals surface area (Å²) in [6.45, 7) is 2.64. The zero-order valence-electron chi connectivity index (χ0n) is 19.2. The first-order chi connectivity index (χ1) is 15.0. The minimum absolute atomic E-state index is 0.190. The van der Waals surface area contributed by atoms with Gasteiger partial charge in [-0.1, -0.05) is 89.0 Å². The summed E-state index contributed by atoms with van der Waals surface area (Å²) in [7, 11) is 0. The zero-order valence-corrected chi connectivity index (χ0v) is 19.2. The van der Waals surface area contributed by atoms with Crippen molar-refractivity contribution in [2.45, 2.75) is 96.8 Å². The Labute approximate surface area is 188 Å². The van der Waals surface area contributed by atoms with Crippen molar-refractivity contribution < 1.29 is 24.9 Å². The summed E-state index contributed by atoms with van der Waals surface area (Å²) in [5.41, 5.74) is -0.380. The normalized spacial score (nSPS) is 10.6. The van der Waals surface area contributed by atoms with Crippen LogP contribution < -0.4 is 0 Å². The molecule has 1 rings (SSSR count). The highest BCUT2D eigenvalue weighted by molar-refractivity contribution is 6.01. The highest BCUT2D eigenvalue weighted by Gasteiger charge is 2.13. The molecule has 0 aromatic heterocycles. The van der Waals surface area contributed by atoms with Crippen molar-refractivity contribution in [1.29, 1.82) is 0 Å². The van der Waals surface area contributed by atoms with Crippen LogP contribution in [0.3, 0.4) is 0 Å². The molecule has 5 heteroatoms. The summed E-state index contributed by atoms with van der Waals surface area (Å²) >= 11 is 0. The Morgan fingerprint density at radius 1 is 0.677 bits per heavy atom. The van der Waals surface area contributed by atoms with Crippen LogP contribution in [-0.2, 0) is 0 Å². The number of unbranched alkanes of at least 4 members (excludes halogenated alkanes) is 12. The van der Waals surface area contributed by atoms with Crippen molar-refractivity contribution in [2.24, 2.45) is 0 Å². The lowest BCUT2D eigenvalue weighted by Gasteiger charge is -1.99. The first kappa shape index (κ1) is 28.9. The molecule has 176 valence electrons. The lowest BCUT2D eigenvalue weighted by Crippen LogP contribution is -2.06. The fourth-order valence-electron chi connectivity index (χ4n) is 3.22. The summed E-state index contributed by atoms with van der Waals surface area (Å²) in [6, 6.07) is 5.48. The highest BCUT2D eigenvalue weighted by atomic mass is 16.4. The average molecular weight is 435 g/mol. The third-order valence-electron chi connectivity index (χ3n) is 5.06. The van der Waals surface area contributed by atoms with Crippen LogP contribution in [0.1, 0.15) is 118 Å². The monoisotopic (exact) mass is 434 g/mol. The van der Waals surface area contributed by atoms with Gasteiger partial charge < -0.3 is 15.3 Å². The molecule has 0 spiro atoms. The molecular weight excluding hydrogens is 392 g/mol. The number of rotatable bonds is 17. The minimum atomic E-state index is -1.23. The molecule has 0 aliphatic heterocycles. The smallest absolute Gasteiger partial charge is 0.336 e. The number of aliphatic hydroxyl groups is 1. The predicted molar refractivity (Wildman–Crippen MR) is 127 cm³/mol. The number of hydrogen-bond donors (Lipinski definition) is 3. The van der Waals surface area contributed by atoms with E-state index in [0.717, 1.165) is 6.42 Å². The molecule has 0 saturated heterocycles. The Kier molecular flexibility index (Phi) is 19.6. The number of benzene rings is 1. The van der Waals surface area contributed by atoms with Crippen molar-refractivity contribution in [1.82, 2.24) is 0 Å². The van der Waals surface area contributed by atoms with E-state index < -0.39 is 11.9 Å². The number of allylic oxidation sites excluding steroid dienone is 2.